The van der Waals surface area contributed by atoms with Crippen molar-refractivity contribution in [3.05, 3.63) is 74.2 Å². The summed E-state index contributed by atoms with van der Waals surface area (Å²) in [5, 5.41) is 10.5. The van der Waals surface area contributed by atoms with Gasteiger partial charge in [-0.1, -0.05) is 52.3 Å². The van der Waals surface area contributed by atoms with Crippen LogP contribution in [0.15, 0.2) is 53.0 Å². The molecule has 0 N–H and O–H groups in total. The van der Waals surface area contributed by atoms with Crippen LogP contribution in [-0.2, 0) is 6.42 Å². The van der Waals surface area contributed by atoms with E-state index in [0.717, 1.165) is 11.1 Å². The van der Waals surface area contributed by atoms with Gasteiger partial charge < -0.3 is 0 Å². The predicted molar refractivity (Wildman–Crippen MR) is 79.5 cm³/mol. The highest BCUT2D eigenvalue weighted by molar-refractivity contribution is 9.10. The van der Waals surface area contributed by atoms with Crippen molar-refractivity contribution in [1.82, 2.24) is 0 Å². The van der Waals surface area contributed by atoms with Crippen molar-refractivity contribution >= 4 is 33.2 Å². The first kappa shape index (κ1) is 14.0. The van der Waals surface area contributed by atoms with Crippen LogP contribution in [0.25, 0.3) is 0 Å². The molecule has 0 saturated heterocycles. The fraction of sp³-hybridized carbons (Fsp3) is 0.143. The number of nitro groups is 1. The second-order valence-electron chi connectivity index (χ2n) is 4.12. The van der Waals surface area contributed by atoms with Crippen LogP contribution in [0.3, 0.4) is 0 Å². The standard InChI is InChI=1S/C14H11BrClNO2/c15-13-9-12(17(18)19)7-6-11(13)8-14(16)10-4-2-1-3-5-10/h1-7,9,14H,8H2. The fourth-order valence-corrected chi connectivity index (χ4v) is 2.63. The van der Waals surface area contributed by atoms with Gasteiger partial charge in [-0.15, -0.1) is 11.6 Å². The molecule has 2 aromatic rings. The molecule has 0 aromatic heterocycles. The summed E-state index contributed by atoms with van der Waals surface area (Å²) in [6.07, 6.45) is 0.615. The third-order valence-electron chi connectivity index (χ3n) is 2.81. The molecule has 98 valence electrons. The van der Waals surface area contributed by atoms with E-state index in [0.29, 0.717) is 10.9 Å². The summed E-state index contributed by atoms with van der Waals surface area (Å²) in [4.78, 5) is 10.3. The van der Waals surface area contributed by atoms with Crippen LogP contribution in [-0.4, -0.2) is 4.92 Å². The molecule has 2 aromatic carbocycles. The molecule has 2 rings (SSSR count). The first-order valence-electron chi connectivity index (χ1n) is 5.70. The normalized spacial score (nSPS) is 12.1. The van der Waals surface area contributed by atoms with Gasteiger partial charge in [0.15, 0.2) is 0 Å². The number of benzene rings is 2. The predicted octanol–water partition coefficient (Wildman–Crippen LogP) is 4.88. The van der Waals surface area contributed by atoms with E-state index in [4.69, 9.17) is 11.6 Å². The topological polar surface area (TPSA) is 43.1 Å². The van der Waals surface area contributed by atoms with Gasteiger partial charge in [-0.2, -0.15) is 0 Å². The smallest absolute Gasteiger partial charge is 0.258 e. The molecule has 0 aliphatic rings. The summed E-state index contributed by atoms with van der Waals surface area (Å²) in [6, 6.07) is 14.5. The number of halogens is 2. The maximum absolute atomic E-state index is 10.7. The van der Waals surface area contributed by atoms with Crippen molar-refractivity contribution in [3.63, 3.8) is 0 Å². The minimum atomic E-state index is -0.413. The average molecular weight is 341 g/mol. The van der Waals surface area contributed by atoms with Gasteiger partial charge in [-0.25, -0.2) is 0 Å². The maximum Gasteiger partial charge on any atom is 0.270 e. The third kappa shape index (κ3) is 3.55. The Kier molecular flexibility index (Phi) is 4.56. The molecule has 0 bridgehead atoms. The van der Waals surface area contributed by atoms with Gasteiger partial charge in [-0.05, 0) is 17.5 Å². The lowest BCUT2D eigenvalue weighted by Crippen LogP contribution is -1.97. The Labute approximate surface area is 124 Å². The highest BCUT2D eigenvalue weighted by Crippen LogP contribution is 2.30. The van der Waals surface area contributed by atoms with E-state index in [1.54, 1.807) is 6.07 Å². The largest absolute Gasteiger partial charge is 0.270 e. The van der Waals surface area contributed by atoms with Crippen molar-refractivity contribution in [1.29, 1.82) is 0 Å². The van der Waals surface area contributed by atoms with Gasteiger partial charge in [0.25, 0.3) is 5.69 Å². The average Bonchev–Trinajstić information content (AvgIpc) is 2.41. The summed E-state index contributed by atoms with van der Waals surface area (Å²) in [5.74, 6) is 0. The lowest BCUT2D eigenvalue weighted by atomic mass is 10.0. The van der Waals surface area contributed by atoms with Crippen molar-refractivity contribution in [2.24, 2.45) is 0 Å². The zero-order valence-corrected chi connectivity index (χ0v) is 12.3. The molecule has 0 heterocycles. The Morgan fingerprint density at radius 3 is 2.47 bits per heavy atom. The molecule has 0 aliphatic carbocycles. The summed E-state index contributed by atoms with van der Waals surface area (Å²) in [5.41, 5.74) is 2.06. The van der Waals surface area contributed by atoms with Crippen LogP contribution in [0.1, 0.15) is 16.5 Å². The van der Waals surface area contributed by atoms with E-state index >= 15 is 0 Å². The molecule has 0 fully saturated rings. The number of nitro benzene ring substituents is 1. The highest BCUT2D eigenvalue weighted by atomic mass is 79.9. The molecule has 0 amide bonds. The first-order chi connectivity index (χ1) is 9.08. The first-order valence-corrected chi connectivity index (χ1v) is 6.92. The Morgan fingerprint density at radius 2 is 1.89 bits per heavy atom. The van der Waals surface area contributed by atoms with E-state index in [1.165, 1.54) is 12.1 Å². The monoisotopic (exact) mass is 339 g/mol. The van der Waals surface area contributed by atoms with Gasteiger partial charge in [0.1, 0.15) is 0 Å². The molecule has 1 unspecified atom stereocenters. The molecule has 0 radical (unpaired) electrons. The third-order valence-corrected chi connectivity index (χ3v) is 3.95. The van der Waals surface area contributed by atoms with Crippen LogP contribution >= 0.6 is 27.5 Å². The van der Waals surface area contributed by atoms with E-state index in [-0.39, 0.29) is 11.1 Å². The van der Waals surface area contributed by atoms with Gasteiger partial charge >= 0.3 is 0 Å². The molecular formula is C14H11BrClNO2. The lowest BCUT2D eigenvalue weighted by molar-refractivity contribution is -0.384. The van der Waals surface area contributed by atoms with E-state index < -0.39 is 4.92 Å². The van der Waals surface area contributed by atoms with Crippen LogP contribution < -0.4 is 0 Å². The van der Waals surface area contributed by atoms with E-state index in [1.807, 2.05) is 30.3 Å². The summed E-state index contributed by atoms with van der Waals surface area (Å²) in [7, 11) is 0. The zero-order chi connectivity index (χ0) is 13.8. The lowest BCUT2D eigenvalue weighted by Gasteiger charge is -2.11. The zero-order valence-electron chi connectivity index (χ0n) is 9.92. The Hall–Kier alpha value is -1.39. The molecule has 5 heteroatoms. The fourth-order valence-electron chi connectivity index (χ4n) is 1.79. The number of hydrogen-bond acceptors (Lipinski definition) is 2. The number of non-ortho nitro benzene ring substituents is 1. The Balaban J connectivity index is 2.18. The maximum atomic E-state index is 10.7. The van der Waals surface area contributed by atoms with E-state index in [2.05, 4.69) is 15.9 Å². The van der Waals surface area contributed by atoms with Crippen molar-refractivity contribution < 1.29 is 4.92 Å². The highest BCUT2D eigenvalue weighted by Gasteiger charge is 2.13. The molecule has 0 spiro atoms. The minimum absolute atomic E-state index is 0.0708. The molecule has 19 heavy (non-hydrogen) atoms. The Morgan fingerprint density at radius 1 is 1.21 bits per heavy atom. The number of hydrogen-bond donors (Lipinski definition) is 0. The Bertz CT molecular complexity index is 589. The van der Waals surface area contributed by atoms with Crippen molar-refractivity contribution in [3.8, 4) is 0 Å². The minimum Gasteiger partial charge on any atom is -0.258 e. The number of nitrogens with zero attached hydrogens (tertiary/aromatic N) is 1. The van der Waals surface area contributed by atoms with Gasteiger partial charge in [0.2, 0.25) is 0 Å². The SMILES string of the molecule is O=[N+]([O-])c1ccc(CC(Cl)c2ccccc2)c(Br)c1. The molecule has 0 saturated carbocycles. The summed E-state index contributed by atoms with van der Waals surface area (Å²) < 4.78 is 0.711. The number of alkyl halides is 1. The van der Waals surface area contributed by atoms with Gasteiger partial charge in [0, 0.05) is 16.6 Å². The van der Waals surface area contributed by atoms with Gasteiger partial charge in [0.05, 0.1) is 10.3 Å². The van der Waals surface area contributed by atoms with Crippen molar-refractivity contribution in [2.75, 3.05) is 0 Å². The van der Waals surface area contributed by atoms with Crippen molar-refractivity contribution in [2.45, 2.75) is 11.8 Å². The second kappa shape index (κ2) is 6.17. The summed E-state index contributed by atoms with van der Waals surface area (Å²) in [6.45, 7) is 0. The van der Waals surface area contributed by atoms with Crippen LogP contribution in [0.2, 0.25) is 0 Å². The van der Waals surface area contributed by atoms with Gasteiger partial charge in [-0.3, -0.25) is 10.1 Å². The molecule has 3 nitrogen and oxygen atoms in total. The quantitative estimate of drug-likeness (QED) is 0.452. The summed E-state index contributed by atoms with van der Waals surface area (Å²) >= 11 is 9.71. The number of rotatable bonds is 4. The second-order valence-corrected chi connectivity index (χ2v) is 5.50. The van der Waals surface area contributed by atoms with E-state index in [9.17, 15) is 10.1 Å². The molecular weight excluding hydrogens is 330 g/mol. The molecule has 1 atom stereocenters. The molecule has 0 aliphatic heterocycles. The van der Waals surface area contributed by atoms with Crippen LogP contribution in [0.5, 0.6) is 0 Å². The van der Waals surface area contributed by atoms with Crippen LogP contribution in [0, 0.1) is 10.1 Å². The van der Waals surface area contributed by atoms with Crippen LogP contribution in [0.4, 0.5) is 5.69 Å².